The van der Waals surface area contributed by atoms with Crippen molar-refractivity contribution in [1.29, 1.82) is 0 Å². The molecule has 0 radical (unpaired) electrons. The molecule has 0 atom stereocenters. The Morgan fingerprint density at radius 2 is 2.07 bits per heavy atom. The number of methoxy groups -OCH3 is 2. The lowest BCUT2D eigenvalue weighted by Crippen LogP contribution is -2.17. The van der Waals surface area contributed by atoms with Crippen molar-refractivity contribution in [3.05, 3.63) is 27.8 Å². The first-order valence-corrected chi connectivity index (χ1v) is 3.86. The zero-order valence-corrected chi connectivity index (χ0v) is 8.12. The van der Waals surface area contributed by atoms with E-state index in [1.54, 1.807) is 6.92 Å². The van der Waals surface area contributed by atoms with Crippen molar-refractivity contribution in [2.45, 2.75) is 6.92 Å². The van der Waals surface area contributed by atoms with Crippen LogP contribution in [0.2, 0.25) is 0 Å². The molecule has 0 unspecified atom stereocenters. The summed E-state index contributed by atoms with van der Waals surface area (Å²) in [4.78, 5) is 22.4. The largest absolute Gasteiger partial charge is 0.493 e. The highest BCUT2D eigenvalue weighted by atomic mass is 16.5. The average molecular weight is 198 g/mol. The normalized spacial score (nSPS) is 9.64. The summed E-state index contributed by atoms with van der Waals surface area (Å²) in [5.41, 5.74) is -0.447. The van der Waals surface area contributed by atoms with Gasteiger partial charge in [-0.3, -0.25) is 0 Å². The van der Waals surface area contributed by atoms with Gasteiger partial charge in [-0.1, -0.05) is 0 Å². The van der Waals surface area contributed by atoms with E-state index in [9.17, 15) is 9.59 Å². The Balaban J connectivity index is 3.40. The van der Waals surface area contributed by atoms with Crippen LogP contribution in [-0.2, 0) is 4.74 Å². The Labute approximate surface area is 80.2 Å². The summed E-state index contributed by atoms with van der Waals surface area (Å²) < 4.78 is 13.9. The Morgan fingerprint density at radius 1 is 1.43 bits per heavy atom. The van der Waals surface area contributed by atoms with E-state index < -0.39 is 11.6 Å². The second kappa shape index (κ2) is 3.95. The first-order valence-electron chi connectivity index (χ1n) is 3.86. The van der Waals surface area contributed by atoms with Crippen LogP contribution in [0, 0.1) is 6.92 Å². The van der Waals surface area contributed by atoms with Gasteiger partial charge < -0.3 is 13.9 Å². The molecule has 0 saturated carbocycles. The van der Waals surface area contributed by atoms with Crippen LogP contribution in [0.1, 0.15) is 15.9 Å². The van der Waals surface area contributed by atoms with Crippen molar-refractivity contribution < 1.29 is 18.7 Å². The number of hydrogen-bond acceptors (Lipinski definition) is 5. The Hall–Kier alpha value is -1.78. The molecule has 5 heteroatoms. The average Bonchev–Trinajstić information content (AvgIpc) is 2.18. The fourth-order valence-corrected chi connectivity index (χ4v) is 1.07. The number of rotatable bonds is 2. The number of carbonyl (C=O) groups is 1. The van der Waals surface area contributed by atoms with Crippen molar-refractivity contribution in [1.82, 2.24) is 0 Å². The van der Waals surface area contributed by atoms with Crippen LogP contribution in [0.25, 0.3) is 0 Å². The molecule has 5 nitrogen and oxygen atoms in total. The van der Waals surface area contributed by atoms with Gasteiger partial charge in [-0.2, -0.15) is 0 Å². The van der Waals surface area contributed by atoms with E-state index >= 15 is 0 Å². The second-order valence-corrected chi connectivity index (χ2v) is 2.58. The van der Waals surface area contributed by atoms with E-state index in [1.807, 2.05) is 0 Å². The summed E-state index contributed by atoms with van der Waals surface area (Å²) in [6.45, 7) is 1.59. The van der Waals surface area contributed by atoms with E-state index in [2.05, 4.69) is 9.15 Å². The maximum absolute atomic E-state index is 11.2. The van der Waals surface area contributed by atoms with Gasteiger partial charge in [0, 0.05) is 5.56 Å². The Morgan fingerprint density at radius 3 is 2.57 bits per heavy atom. The lowest BCUT2D eigenvalue weighted by Gasteiger charge is -2.05. The standard InChI is InChI=1S/C9H10O5/c1-5-6(12-2)4-14-9(11)7(5)8(10)13-3/h4H,1-3H3. The molecule has 0 aromatic carbocycles. The lowest BCUT2D eigenvalue weighted by molar-refractivity contribution is 0.0593. The van der Waals surface area contributed by atoms with Gasteiger partial charge in [-0.15, -0.1) is 0 Å². The molecule has 0 aliphatic heterocycles. The summed E-state index contributed by atoms with van der Waals surface area (Å²) in [6.07, 6.45) is 1.16. The molecule has 76 valence electrons. The summed E-state index contributed by atoms with van der Waals surface area (Å²) in [5.74, 6) is -0.389. The van der Waals surface area contributed by atoms with Crippen molar-refractivity contribution in [2.75, 3.05) is 14.2 Å². The van der Waals surface area contributed by atoms with Gasteiger partial charge in [-0.25, -0.2) is 9.59 Å². The van der Waals surface area contributed by atoms with Crippen LogP contribution < -0.4 is 10.4 Å². The molecule has 0 fully saturated rings. The van der Waals surface area contributed by atoms with E-state index in [-0.39, 0.29) is 5.56 Å². The minimum atomic E-state index is -0.727. The molecule has 0 spiro atoms. The predicted molar refractivity (Wildman–Crippen MR) is 47.6 cm³/mol. The van der Waals surface area contributed by atoms with Crippen molar-refractivity contribution in [2.24, 2.45) is 0 Å². The van der Waals surface area contributed by atoms with Crippen molar-refractivity contribution >= 4 is 5.97 Å². The third-order valence-electron chi connectivity index (χ3n) is 1.83. The molecule has 0 saturated heterocycles. The predicted octanol–water partition coefficient (Wildman–Crippen LogP) is 0.743. The topological polar surface area (TPSA) is 65.7 Å². The second-order valence-electron chi connectivity index (χ2n) is 2.58. The van der Waals surface area contributed by atoms with Crippen LogP contribution in [0.15, 0.2) is 15.5 Å². The van der Waals surface area contributed by atoms with Gasteiger partial charge in [0.15, 0.2) is 11.3 Å². The van der Waals surface area contributed by atoms with Gasteiger partial charge in [0.05, 0.1) is 14.2 Å². The highest BCUT2D eigenvalue weighted by molar-refractivity contribution is 5.90. The van der Waals surface area contributed by atoms with Gasteiger partial charge >= 0.3 is 11.6 Å². The van der Waals surface area contributed by atoms with Gasteiger partial charge in [0.1, 0.15) is 6.26 Å². The fourth-order valence-electron chi connectivity index (χ4n) is 1.07. The summed E-state index contributed by atoms with van der Waals surface area (Å²) in [6, 6.07) is 0. The summed E-state index contributed by atoms with van der Waals surface area (Å²) in [7, 11) is 2.62. The summed E-state index contributed by atoms with van der Waals surface area (Å²) in [5, 5.41) is 0. The zero-order valence-electron chi connectivity index (χ0n) is 8.12. The minimum absolute atomic E-state index is 0.133. The maximum atomic E-state index is 11.2. The number of hydrogen-bond donors (Lipinski definition) is 0. The molecule has 0 amide bonds. The fraction of sp³-hybridized carbons (Fsp3) is 0.333. The van der Waals surface area contributed by atoms with E-state index in [0.717, 1.165) is 6.26 Å². The van der Waals surface area contributed by atoms with Crippen LogP contribution in [0.3, 0.4) is 0 Å². The highest BCUT2D eigenvalue weighted by Crippen LogP contribution is 2.18. The number of ether oxygens (including phenoxy) is 2. The highest BCUT2D eigenvalue weighted by Gasteiger charge is 2.18. The first-order chi connectivity index (χ1) is 6.61. The molecule has 0 aliphatic rings. The number of carbonyl (C=O) groups excluding carboxylic acids is 1. The third kappa shape index (κ3) is 1.61. The Bertz CT molecular complexity index is 404. The van der Waals surface area contributed by atoms with Gasteiger partial charge in [0.2, 0.25) is 0 Å². The van der Waals surface area contributed by atoms with Crippen molar-refractivity contribution in [3.8, 4) is 5.75 Å². The molecule has 1 aromatic heterocycles. The smallest absolute Gasteiger partial charge is 0.350 e. The van der Waals surface area contributed by atoms with Crippen LogP contribution in [-0.4, -0.2) is 20.2 Å². The molecule has 1 rings (SSSR count). The maximum Gasteiger partial charge on any atom is 0.350 e. The quantitative estimate of drug-likeness (QED) is 0.656. The van der Waals surface area contributed by atoms with Gasteiger partial charge in [-0.05, 0) is 6.92 Å². The molecule has 1 heterocycles. The monoisotopic (exact) mass is 198 g/mol. The van der Waals surface area contributed by atoms with Gasteiger partial charge in [0.25, 0.3) is 0 Å². The van der Waals surface area contributed by atoms with Crippen molar-refractivity contribution in [3.63, 3.8) is 0 Å². The SMILES string of the molecule is COC(=O)c1c(C)c(OC)coc1=O. The minimum Gasteiger partial charge on any atom is -0.493 e. The van der Waals surface area contributed by atoms with Crippen LogP contribution in [0.5, 0.6) is 5.75 Å². The number of esters is 1. The molecule has 0 aliphatic carbocycles. The lowest BCUT2D eigenvalue weighted by atomic mass is 10.1. The third-order valence-corrected chi connectivity index (χ3v) is 1.83. The molecule has 0 N–H and O–H groups in total. The summed E-state index contributed by atoms with van der Waals surface area (Å²) >= 11 is 0. The molecular formula is C9H10O5. The first kappa shape index (κ1) is 10.3. The molecule has 14 heavy (non-hydrogen) atoms. The zero-order chi connectivity index (χ0) is 10.7. The molecule has 1 aromatic rings. The van der Waals surface area contributed by atoms with E-state index in [0.29, 0.717) is 11.3 Å². The van der Waals surface area contributed by atoms with Crippen LogP contribution in [0.4, 0.5) is 0 Å². The Kier molecular flexibility index (Phi) is 2.91. The molecule has 0 bridgehead atoms. The van der Waals surface area contributed by atoms with Crippen LogP contribution >= 0.6 is 0 Å². The van der Waals surface area contributed by atoms with E-state index in [4.69, 9.17) is 4.74 Å². The molecular weight excluding hydrogens is 188 g/mol. The van der Waals surface area contributed by atoms with E-state index in [1.165, 1.54) is 14.2 Å².